The van der Waals surface area contributed by atoms with Gasteiger partial charge in [0, 0.05) is 30.1 Å². The van der Waals surface area contributed by atoms with Crippen molar-refractivity contribution in [3.05, 3.63) is 59.3 Å². The first kappa shape index (κ1) is 12.2. The van der Waals surface area contributed by atoms with Gasteiger partial charge in [-0.25, -0.2) is 0 Å². The number of likely N-dealkylation sites (N-methyl/N-ethyl adjacent to an activating group) is 1. The summed E-state index contributed by atoms with van der Waals surface area (Å²) < 4.78 is 52.0. The van der Waals surface area contributed by atoms with Crippen LogP contribution in [0.25, 0.3) is 10.9 Å². The highest BCUT2D eigenvalue weighted by atomic mass is 16.7. The summed E-state index contributed by atoms with van der Waals surface area (Å²) >= 11 is 0. The maximum atomic E-state index is 13.5. The number of H-pyrrole nitrogens is 1. The van der Waals surface area contributed by atoms with Gasteiger partial charge in [-0.2, -0.15) is 0 Å². The van der Waals surface area contributed by atoms with E-state index in [-0.39, 0.29) is 23.5 Å². The van der Waals surface area contributed by atoms with Crippen molar-refractivity contribution in [2.24, 2.45) is 0 Å². The number of aromatic nitrogens is 1. The Morgan fingerprint density at radius 1 is 1.17 bits per heavy atom. The van der Waals surface area contributed by atoms with E-state index >= 15 is 0 Å². The molecule has 1 fully saturated rings. The Labute approximate surface area is 173 Å². The van der Waals surface area contributed by atoms with E-state index in [0.717, 1.165) is 20.7 Å². The Balaban J connectivity index is 1.63. The van der Waals surface area contributed by atoms with E-state index in [9.17, 15) is 11.0 Å². The molecular weight excluding hydrogens is 370 g/mol. The van der Waals surface area contributed by atoms with Crippen molar-refractivity contribution in [2.75, 3.05) is 20.3 Å². The average molecular weight is 394 g/mol. The summed E-state index contributed by atoms with van der Waals surface area (Å²) in [7, 11) is 1.25. The molecule has 2 atom stereocenters. The second-order valence-corrected chi connectivity index (χ2v) is 7.23. The van der Waals surface area contributed by atoms with Gasteiger partial charge in [-0.15, -0.1) is 0 Å². The van der Waals surface area contributed by atoms with Crippen LogP contribution in [0.4, 0.5) is 0 Å². The molecule has 1 saturated heterocycles. The van der Waals surface area contributed by atoms with Crippen molar-refractivity contribution < 1.29 is 25.9 Å². The fraction of sp³-hybridized carbons (Fsp3) is 0.273. The molecule has 3 aromatic rings. The first-order chi connectivity index (χ1) is 15.9. The van der Waals surface area contributed by atoms with Crippen LogP contribution in [-0.2, 0) is 16.0 Å². The van der Waals surface area contributed by atoms with Crippen LogP contribution in [0.3, 0.4) is 0 Å². The van der Waals surface area contributed by atoms with Crippen LogP contribution >= 0.6 is 0 Å². The third-order valence-electron chi connectivity index (χ3n) is 5.62. The number of nitrogens with one attached hydrogen (secondary N) is 1. The number of carbonyl (C=O) groups is 2. The van der Waals surface area contributed by atoms with E-state index in [4.69, 9.17) is 15.0 Å². The topological polar surface area (TPSA) is 74.9 Å². The Hall–Kier alpha value is -3.48. The first-order valence-electron chi connectivity index (χ1n) is 11.7. The number of fused-ring (bicyclic) bond motifs is 5. The Morgan fingerprint density at radius 3 is 2.90 bits per heavy atom. The van der Waals surface area contributed by atoms with E-state index in [1.807, 2.05) is 24.3 Å². The number of nitrogens with zero attached hydrogens (tertiary/aromatic N) is 2. The zero-order valence-corrected chi connectivity index (χ0v) is 15.4. The number of carbonyl (C=O) groups excluding carboxylic acids is 2. The molecule has 1 aromatic heterocycles. The van der Waals surface area contributed by atoms with Crippen LogP contribution in [0.15, 0.2) is 42.5 Å². The smallest absolute Gasteiger partial charge is 0.245 e. The van der Waals surface area contributed by atoms with Gasteiger partial charge >= 0.3 is 0 Å². The molecule has 2 amide bonds. The molecule has 29 heavy (non-hydrogen) atoms. The second kappa shape index (κ2) is 5.76. The molecule has 6 rings (SSSR count). The highest BCUT2D eigenvalue weighted by Crippen LogP contribution is 2.44. The standard InChI is InChI=1S/C22H19N3O4/c1-24-10-19(26)25-16(22(24)27)9-14-13-4-2-3-5-15(13)23-20(14)21(25)12-6-7-17-18(8-12)29-11-28-17/h2-8,16,21,23H,9-11H2,1H3/t16-,21-/m1/s1/i10D2,11D2,21D. The minimum Gasteiger partial charge on any atom is -0.454 e. The lowest BCUT2D eigenvalue weighted by molar-refractivity contribution is -0.157. The van der Waals surface area contributed by atoms with Crippen LogP contribution in [0.1, 0.15) is 29.7 Å². The van der Waals surface area contributed by atoms with Crippen molar-refractivity contribution in [3.8, 4) is 11.5 Å². The van der Waals surface area contributed by atoms with Crippen LogP contribution < -0.4 is 9.47 Å². The van der Waals surface area contributed by atoms with Gasteiger partial charge in [-0.3, -0.25) is 9.59 Å². The minimum atomic E-state index is -2.64. The highest BCUT2D eigenvalue weighted by Gasteiger charge is 2.47. The monoisotopic (exact) mass is 394 g/mol. The second-order valence-electron chi connectivity index (χ2n) is 7.23. The predicted molar refractivity (Wildman–Crippen MR) is 105 cm³/mol. The maximum absolute atomic E-state index is 13.5. The van der Waals surface area contributed by atoms with Crippen molar-refractivity contribution in [1.29, 1.82) is 0 Å². The first-order valence-corrected chi connectivity index (χ1v) is 9.19. The molecular formula is C22H19N3O4. The molecule has 0 saturated carbocycles. The molecule has 0 radical (unpaired) electrons. The maximum Gasteiger partial charge on any atom is 0.245 e. The van der Waals surface area contributed by atoms with Gasteiger partial charge in [0.05, 0.1) is 16.6 Å². The molecule has 3 aliphatic heterocycles. The lowest BCUT2D eigenvalue weighted by atomic mass is 9.86. The van der Waals surface area contributed by atoms with Crippen LogP contribution in [-0.4, -0.2) is 52.9 Å². The zero-order chi connectivity index (χ0) is 24.2. The number of hydrogen-bond acceptors (Lipinski definition) is 4. The van der Waals surface area contributed by atoms with Gasteiger partial charge in [0.25, 0.3) is 0 Å². The number of piperazine rings is 1. The third kappa shape index (κ3) is 2.24. The minimum absolute atomic E-state index is 0.0461. The summed E-state index contributed by atoms with van der Waals surface area (Å²) in [5.41, 5.74) is 1.95. The summed E-state index contributed by atoms with van der Waals surface area (Å²) in [5, 5.41) is 0.808. The molecule has 0 bridgehead atoms. The molecule has 4 heterocycles. The van der Waals surface area contributed by atoms with Crippen molar-refractivity contribution in [1.82, 2.24) is 14.8 Å². The number of hydrogen-bond donors (Lipinski definition) is 1. The predicted octanol–water partition coefficient (Wildman–Crippen LogP) is 2.21. The van der Waals surface area contributed by atoms with Gasteiger partial charge in [-0.05, 0) is 29.3 Å². The fourth-order valence-electron chi connectivity index (χ4n) is 4.31. The van der Waals surface area contributed by atoms with E-state index in [1.54, 1.807) is 0 Å². The summed E-state index contributed by atoms with van der Waals surface area (Å²) in [4.78, 5) is 31.8. The lowest BCUT2D eigenvalue weighted by Crippen LogP contribution is -2.62. The van der Waals surface area contributed by atoms with Gasteiger partial charge < -0.3 is 24.3 Å². The molecule has 7 heteroatoms. The van der Waals surface area contributed by atoms with Crippen molar-refractivity contribution >= 4 is 22.7 Å². The van der Waals surface area contributed by atoms with E-state index in [2.05, 4.69) is 4.98 Å². The Kier molecular flexibility index (Phi) is 2.42. The number of amides is 2. The highest BCUT2D eigenvalue weighted by molar-refractivity contribution is 5.97. The Morgan fingerprint density at radius 2 is 2.00 bits per heavy atom. The zero-order valence-electron chi connectivity index (χ0n) is 20.4. The third-order valence-corrected chi connectivity index (χ3v) is 5.62. The molecule has 1 N–H and O–H groups in total. The molecule has 146 valence electrons. The largest absolute Gasteiger partial charge is 0.454 e. The van der Waals surface area contributed by atoms with Crippen LogP contribution in [0.2, 0.25) is 0 Å². The summed E-state index contributed by atoms with van der Waals surface area (Å²) in [6.07, 6.45) is 0.123. The van der Waals surface area contributed by atoms with Gasteiger partial charge in [-0.1, -0.05) is 24.3 Å². The number of ether oxygens (including phenoxy) is 2. The van der Waals surface area contributed by atoms with Gasteiger partial charge in [0.15, 0.2) is 11.5 Å². The van der Waals surface area contributed by atoms with E-state index < -0.39 is 37.1 Å². The number of para-hydroxylation sites is 1. The molecule has 0 aliphatic carbocycles. The summed E-state index contributed by atoms with van der Waals surface area (Å²) in [6, 6.07) is 8.59. The van der Waals surface area contributed by atoms with Gasteiger partial charge in [0.2, 0.25) is 18.6 Å². The fourth-order valence-corrected chi connectivity index (χ4v) is 4.31. The molecule has 7 nitrogen and oxygen atoms in total. The SMILES string of the molecule is [2H]C1([2H])Oc2ccc([C@]3([2H])c4[nH]c5ccccc5c4C[C@@H]4C(=O)N(C)C([2H])([2H])C(=O)N43)cc2O1. The van der Waals surface area contributed by atoms with E-state index in [0.29, 0.717) is 11.3 Å². The number of benzene rings is 2. The van der Waals surface area contributed by atoms with Crippen LogP contribution in [0.5, 0.6) is 11.5 Å². The van der Waals surface area contributed by atoms with Crippen molar-refractivity contribution in [3.63, 3.8) is 0 Å². The quantitative estimate of drug-likeness (QED) is 0.687. The molecule has 3 aliphatic rings. The molecule has 2 aromatic carbocycles. The molecule has 0 unspecified atom stereocenters. The van der Waals surface area contributed by atoms with E-state index in [1.165, 1.54) is 25.2 Å². The summed E-state index contributed by atoms with van der Waals surface area (Å²) in [6.45, 7) is -5.02. The number of aromatic amines is 1. The normalized spacial score (nSPS) is 31.3. The van der Waals surface area contributed by atoms with Gasteiger partial charge in [0.1, 0.15) is 8.78 Å². The van der Waals surface area contributed by atoms with Crippen LogP contribution in [0, 0.1) is 0 Å². The summed E-state index contributed by atoms with van der Waals surface area (Å²) in [5.74, 6) is -1.43. The lowest BCUT2D eigenvalue weighted by Gasteiger charge is -2.46. The number of rotatable bonds is 1. The average Bonchev–Trinajstić information content (AvgIpc) is 3.32. The Bertz CT molecular complexity index is 1410. The van der Waals surface area contributed by atoms with Crippen molar-refractivity contribution in [2.45, 2.75) is 18.5 Å². The molecule has 0 spiro atoms.